The number of amides is 1. The van der Waals surface area contributed by atoms with Gasteiger partial charge in [0.1, 0.15) is 23.9 Å². The molecular weight excluding hydrogens is 560 g/mol. The summed E-state index contributed by atoms with van der Waals surface area (Å²) < 4.78 is 34.1. The van der Waals surface area contributed by atoms with Crippen LogP contribution in [-0.4, -0.2) is 86.8 Å². The molecule has 6 aromatic rings. The third-order valence-electron chi connectivity index (χ3n) is 7.26. The third-order valence-corrected chi connectivity index (χ3v) is 7.26. The molecule has 1 aliphatic rings. The minimum atomic E-state index is -2.89. The molecule has 0 spiro atoms. The van der Waals surface area contributed by atoms with Crippen molar-refractivity contribution in [1.29, 1.82) is 0 Å². The van der Waals surface area contributed by atoms with Crippen molar-refractivity contribution >= 4 is 17.0 Å². The average Bonchev–Trinajstić information content (AvgIpc) is 3.83. The van der Waals surface area contributed by atoms with Crippen LogP contribution in [0, 0.1) is 0 Å². The number of rotatable bonds is 7. The Bertz CT molecular complexity index is 1870. The SMILES string of the molecule is O=C(c1cc(-c2nc3cc(-n4cnnc4)ccc3o2)ccn1)N1CCN([C@@H](c2ccccc2)c2nnn(C(F)F)n2)CC1. The molecule has 7 rings (SSSR count). The Morgan fingerprint density at radius 1 is 0.930 bits per heavy atom. The molecule has 1 saturated heterocycles. The number of carbonyl (C=O) groups is 1. The lowest BCUT2D eigenvalue weighted by atomic mass is 10.0. The van der Waals surface area contributed by atoms with Gasteiger partial charge in [-0.3, -0.25) is 19.2 Å². The van der Waals surface area contributed by atoms with E-state index in [9.17, 15) is 13.6 Å². The second-order valence-electron chi connectivity index (χ2n) is 9.86. The van der Waals surface area contributed by atoms with E-state index in [-0.39, 0.29) is 17.4 Å². The Morgan fingerprint density at radius 2 is 1.72 bits per heavy atom. The molecule has 4 aromatic heterocycles. The van der Waals surface area contributed by atoms with E-state index in [0.717, 1.165) is 11.3 Å². The minimum Gasteiger partial charge on any atom is -0.436 e. The van der Waals surface area contributed by atoms with Gasteiger partial charge in [-0.2, -0.15) is 8.78 Å². The van der Waals surface area contributed by atoms with Gasteiger partial charge in [0.2, 0.25) is 5.89 Å². The molecule has 5 heterocycles. The summed E-state index contributed by atoms with van der Waals surface area (Å²) >= 11 is 0. The summed E-state index contributed by atoms with van der Waals surface area (Å²) in [4.78, 5) is 26.5. The van der Waals surface area contributed by atoms with Crippen molar-refractivity contribution in [2.45, 2.75) is 12.6 Å². The van der Waals surface area contributed by atoms with Gasteiger partial charge in [-0.15, -0.1) is 20.4 Å². The minimum absolute atomic E-state index is 0.174. The highest BCUT2D eigenvalue weighted by atomic mass is 19.3. The van der Waals surface area contributed by atoms with Crippen LogP contribution in [0.4, 0.5) is 8.78 Å². The second-order valence-corrected chi connectivity index (χ2v) is 9.86. The number of hydrogen-bond donors (Lipinski definition) is 0. The molecular formula is C28H23F2N11O2. The number of benzene rings is 2. The van der Waals surface area contributed by atoms with Crippen LogP contribution >= 0.6 is 0 Å². The topological polar surface area (TPSA) is 137 Å². The molecule has 0 radical (unpaired) electrons. The van der Waals surface area contributed by atoms with Gasteiger partial charge in [-0.1, -0.05) is 35.1 Å². The summed E-state index contributed by atoms with van der Waals surface area (Å²) in [5.41, 5.74) is 3.82. The molecule has 0 unspecified atom stereocenters. The second kappa shape index (κ2) is 11.1. The normalized spacial score (nSPS) is 14.9. The number of carbonyl (C=O) groups excluding carboxylic acids is 1. The smallest absolute Gasteiger partial charge is 0.350 e. The van der Waals surface area contributed by atoms with Gasteiger partial charge in [0.15, 0.2) is 11.4 Å². The number of oxazole rings is 1. The lowest BCUT2D eigenvalue weighted by Crippen LogP contribution is -2.50. The number of alkyl halides is 2. The van der Waals surface area contributed by atoms with Crippen LogP contribution in [0.15, 0.2) is 83.9 Å². The molecule has 0 aliphatic carbocycles. The first-order valence-electron chi connectivity index (χ1n) is 13.4. The van der Waals surface area contributed by atoms with Gasteiger partial charge in [-0.25, -0.2) is 4.98 Å². The van der Waals surface area contributed by atoms with E-state index in [1.165, 1.54) is 0 Å². The van der Waals surface area contributed by atoms with Gasteiger partial charge < -0.3 is 9.32 Å². The molecule has 13 nitrogen and oxygen atoms in total. The highest BCUT2D eigenvalue weighted by Gasteiger charge is 2.32. The van der Waals surface area contributed by atoms with Crippen molar-refractivity contribution in [1.82, 2.24) is 54.7 Å². The number of pyridine rings is 1. The summed E-state index contributed by atoms with van der Waals surface area (Å²) in [6.07, 6.45) is 4.75. The first kappa shape index (κ1) is 26.5. The van der Waals surface area contributed by atoms with Crippen molar-refractivity contribution in [3.8, 4) is 17.1 Å². The summed E-state index contributed by atoms with van der Waals surface area (Å²) in [7, 11) is 0. The summed E-state index contributed by atoms with van der Waals surface area (Å²) in [6, 6.07) is 17.9. The molecule has 0 saturated carbocycles. The maximum atomic E-state index is 13.5. The fourth-order valence-corrected chi connectivity index (χ4v) is 5.15. The predicted molar refractivity (Wildman–Crippen MR) is 147 cm³/mol. The maximum absolute atomic E-state index is 13.5. The fraction of sp³-hybridized carbons (Fsp3) is 0.214. The van der Waals surface area contributed by atoms with Crippen LogP contribution in [0.3, 0.4) is 0 Å². The van der Waals surface area contributed by atoms with Crippen LogP contribution in [0.2, 0.25) is 0 Å². The maximum Gasteiger partial charge on any atom is 0.350 e. The number of nitrogens with zero attached hydrogens (tertiary/aromatic N) is 11. The average molecular weight is 584 g/mol. The molecule has 216 valence electrons. The Morgan fingerprint density at radius 3 is 2.47 bits per heavy atom. The molecule has 1 atom stereocenters. The number of piperazine rings is 1. The van der Waals surface area contributed by atoms with Gasteiger partial charge >= 0.3 is 6.55 Å². The molecule has 1 fully saturated rings. The monoisotopic (exact) mass is 583 g/mol. The van der Waals surface area contributed by atoms with Crippen LogP contribution in [-0.2, 0) is 0 Å². The van der Waals surface area contributed by atoms with Gasteiger partial charge in [0, 0.05) is 37.9 Å². The van der Waals surface area contributed by atoms with E-state index in [0.29, 0.717) is 53.5 Å². The molecule has 2 aromatic carbocycles. The number of halogens is 2. The molecule has 1 amide bonds. The quantitative estimate of drug-likeness (QED) is 0.275. The number of aromatic nitrogens is 9. The fourth-order valence-electron chi connectivity index (χ4n) is 5.15. The van der Waals surface area contributed by atoms with Crippen LogP contribution in [0.25, 0.3) is 28.2 Å². The zero-order valence-electron chi connectivity index (χ0n) is 22.5. The molecule has 15 heteroatoms. The van der Waals surface area contributed by atoms with Gasteiger partial charge in [-0.05, 0) is 41.1 Å². The van der Waals surface area contributed by atoms with Crippen molar-refractivity contribution in [3.05, 3.63) is 96.6 Å². The number of hydrogen-bond acceptors (Lipinski definition) is 10. The van der Waals surface area contributed by atoms with Crippen molar-refractivity contribution in [2.75, 3.05) is 26.2 Å². The van der Waals surface area contributed by atoms with Crippen molar-refractivity contribution in [2.24, 2.45) is 0 Å². The zero-order chi connectivity index (χ0) is 29.3. The largest absolute Gasteiger partial charge is 0.436 e. The van der Waals surface area contributed by atoms with Crippen LogP contribution in [0.1, 0.15) is 34.5 Å². The molecule has 43 heavy (non-hydrogen) atoms. The standard InChI is InChI=1S/C28H23F2N11O2/c29-28(30)41-36-25(35-37-41)24(18-4-2-1-3-5-18)38-10-12-39(13-11-38)27(42)22-14-19(8-9-31-22)26-34-21-15-20(6-7-23(21)43-26)40-16-32-33-17-40/h1-9,14-17,24,28H,10-13H2/t24-/m0/s1. The van der Waals surface area contributed by atoms with Crippen LogP contribution < -0.4 is 0 Å². The highest BCUT2D eigenvalue weighted by Crippen LogP contribution is 2.29. The first-order valence-corrected chi connectivity index (χ1v) is 13.4. The summed E-state index contributed by atoms with van der Waals surface area (Å²) in [5.74, 6) is 0.311. The predicted octanol–water partition coefficient (Wildman–Crippen LogP) is 3.40. The van der Waals surface area contributed by atoms with E-state index in [4.69, 9.17) is 4.42 Å². The van der Waals surface area contributed by atoms with E-state index in [1.807, 2.05) is 48.5 Å². The number of fused-ring (bicyclic) bond motifs is 1. The van der Waals surface area contributed by atoms with E-state index >= 15 is 0 Å². The summed E-state index contributed by atoms with van der Waals surface area (Å²) in [6.45, 7) is -1.16. The number of tetrazole rings is 1. The Balaban J connectivity index is 1.08. The highest BCUT2D eigenvalue weighted by molar-refractivity contribution is 5.93. The molecule has 0 bridgehead atoms. The van der Waals surface area contributed by atoms with Gasteiger partial charge in [0.25, 0.3) is 5.91 Å². The summed E-state index contributed by atoms with van der Waals surface area (Å²) in [5, 5.41) is 19.0. The third kappa shape index (κ3) is 5.21. The Hall–Kier alpha value is -5.44. The Kier molecular flexibility index (Phi) is 6.82. The molecule has 1 aliphatic heterocycles. The van der Waals surface area contributed by atoms with Gasteiger partial charge in [0.05, 0.1) is 11.7 Å². The van der Waals surface area contributed by atoms with Crippen molar-refractivity contribution < 1.29 is 18.0 Å². The lowest BCUT2D eigenvalue weighted by molar-refractivity contribution is 0.0385. The Labute approximate surface area is 242 Å². The lowest BCUT2D eigenvalue weighted by Gasteiger charge is -2.38. The van der Waals surface area contributed by atoms with E-state index in [1.54, 1.807) is 40.5 Å². The molecule has 0 N–H and O–H groups in total. The van der Waals surface area contributed by atoms with Crippen molar-refractivity contribution in [3.63, 3.8) is 0 Å². The van der Waals surface area contributed by atoms with E-state index in [2.05, 4.69) is 40.5 Å². The van der Waals surface area contributed by atoms with E-state index < -0.39 is 12.6 Å². The van der Waals surface area contributed by atoms with Crippen LogP contribution in [0.5, 0.6) is 0 Å². The first-order chi connectivity index (χ1) is 21.0. The zero-order valence-corrected chi connectivity index (χ0v) is 22.5.